The Labute approximate surface area is 99.1 Å². The molecule has 84 valence electrons. The number of para-hydroxylation sites is 1. The van der Waals surface area contributed by atoms with Crippen LogP contribution in [-0.4, -0.2) is 9.97 Å². The van der Waals surface area contributed by atoms with Crippen LogP contribution in [0, 0.1) is 6.92 Å². The van der Waals surface area contributed by atoms with Gasteiger partial charge in [-0.25, -0.2) is 4.98 Å². The molecule has 2 heterocycles. The first-order valence-corrected chi connectivity index (χ1v) is 5.50. The van der Waals surface area contributed by atoms with Gasteiger partial charge < -0.3 is 9.72 Å². The molecule has 3 nitrogen and oxygen atoms in total. The molecule has 0 fully saturated rings. The normalized spacial score (nSPS) is 10.6. The third-order valence-corrected chi connectivity index (χ3v) is 2.60. The van der Waals surface area contributed by atoms with Gasteiger partial charge in [0.2, 0.25) is 0 Å². The van der Waals surface area contributed by atoms with Crippen molar-refractivity contribution in [3.8, 4) is 11.5 Å². The number of rotatable bonds is 2. The number of nitrogens with zero attached hydrogens (tertiary/aromatic N) is 1. The van der Waals surface area contributed by atoms with Crippen LogP contribution in [0.3, 0.4) is 0 Å². The molecule has 0 aliphatic carbocycles. The van der Waals surface area contributed by atoms with Crippen molar-refractivity contribution >= 4 is 11.0 Å². The maximum Gasteiger partial charge on any atom is 0.141 e. The Bertz CT molecular complexity index is 644. The molecular formula is C14H12N2O. The van der Waals surface area contributed by atoms with Gasteiger partial charge >= 0.3 is 0 Å². The summed E-state index contributed by atoms with van der Waals surface area (Å²) in [7, 11) is 0. The molecule has 17 heavy (non-hydrogen) atoms. The van der Waals surface area contributed by atoms with Crippen LogP contribution in [0.4, 0.5) is 0 Å². The molecule has 0 aliphatic rings. The van der Waals surface area contributed by atoms with E-state index in [4.69, 9.17) is 4.74 Å². The Balaban J connectivity index is 2.06. The molecule has 0 saturated heterocycles. The third kappa shape index (κ3) is 1.87. The summed E-state index contributed by atoms with van der Waals surface area (Å²) in [6.07, 6.45) is 1.75. The summed E-state index contributed by atoms with van der Waals surface area (Å²) in [5, 5.41) is 1.01. The Kier molecular flexibility index (Phi) is 2.29. The van der Waals surface area contributed by atoms with Gasteiger partial charge in [-0.05, 0) is 31.2 Å². The van der Waals surface area contributed by atoms with E-state index in [1.807, 2.05) is 49.4 Å². The van der Waals surface area contributed by atoms with E-state index >= 15 is 0 Å². The lowest BCUT2D eigenvalue weighted by atomic mass is 10.3. The second-order valence-corrected chi connectivity index (χ2v) is 3.94. The summed E-state index contributed by atoms with van der Waals surface area (Å²) in [4.78, 5) is 7.46. The van der Waals surface area contributed by atoms with Crippen LogP contribution in [0.5, 0.6) is 11.5 Å². The molecule has 0 bridgehead atoms. The zero-order valence-corrected chi connectivity index (χ0v) is 9.47. The lowest BCUT2D eigenvalue weighted by Crippen LogP contribution is -1.85. The highest BCUT2D eigenvalue weighted by atomic mass is 16.5. The third-order valence-electron chi connectivity index (χ3n) is 2.60. The molecule has 0 amide bonds. The monoisotopic (exact) mass is 224 g/mol. The average molecular weight is 224 g/mol. The van der Waals surface area contributed by atoms with Gasteiger partial charge in [0, 0.05) is 11.9 Å². The van der Waals surface area contributed by atoms with Crippen molar-refractivity contribution in [2.24, 2.45) is 0 Å². The zero-order valence-electron chi connectivity index (χ0n) is 9.47. The van der Waals surface area contributed by atoms with Crippen molar-refractivity contribution in [3.05, 3.63) is 54.4 Å². The van der Waals surface area contributed by atoms with E-state index in [9.17, 15) is 0 Å². The van der Waals surface area contributed by atoms with Crippen LogP contribution in [0.1, 0.15) is 5.69 Å². The first kappa shape index (κ1) is 9.90. The second-order valence-electron chi connectivity index (χ2n) is 3.94. The maximum absolute atomic E-state index is 5.84. The van der Waals surface area contributed by atoms with Gasteiger partial charge in [0.25, 0.3) is 0 Å². The van der Waals surface area contributed by atoms with Gasteiger partial charge in [0.05, 0.1) is 5.39 Å². The van der Waals surface area contributed by atoms with E-state index in [1.54, 1.807) is 6.20 Å². The number of aromatic amines is 1. The lowest BCUT2D eigenvalue weighted by molar-refractivity contribution is 0.488. The number of pyridine rings is 1. The first-order valence-electron chi connectivity index (χ1n) is 5.50. The Morgan fingerprint density at radius 1 is 1.12 bits per heavy atom. The minimum absolute atomic E-state index is 0.825. The molecule has 3 aromatic rings. The van der Waals surface area contributed by atoms with Crippen LogP contribution in [0.15, 0.2) is 48.7 Å². The number of nitrogens with one attached hydrogen (secondary N) is 1. The topological polar surface area (TPSA) is 37.9 Å². The van der Waals surface area contributed by atoms with Gasteiger partial charge in [-0.1, -0.05) is 18.2 Å². The van der Waals surface area contributed by atoms with Crippen LogP contribution >= 0.6 is 0 Å². The Morgan fingerprint density at radius 3 is 2.76 bits per heavy atom. The summed E-state index contributed by atoms with van der Waals surface area (Å²) in [5.74, 6) is 1.66. The standard InChI is InChI=1S/C14H12N2O/c1-10-9-12-13(7-8-15-14(12)16-10)17-11-5-3-2-4-6-11/h2-9H,1H3,(H,15,16). The molecule has 3 heteroatoms. The van der Waals surface area contributed by atoms with Crippen molar-refractivity contribution < 1.29 is 4.74 Å². The molecule has 1 aromatic carbocycles. The predicted octanol–water partition coefficient (Wildman–Crippen LogP) is 3.66. The number of benzene rings is 1. The highest BCUT2D eigenvalue weighted by Crippen LogP contribution is 2.28. The molecule has 0 atom stereocenters. The smallest absolute Gasteiger partial charge is 0.141 e. The number of H-pyrrole nitrogens is 1. The number of fused-ring (bicyclic) bond motifs is 1. The predicted molar refractivity (Wildman–Crippen MR) is 67.3 cm³/mol. The van der Waals surface area contributed by atoms with Crippen molar-refractivity contribution in [3.63, 3.8) is 0 Å². The summed E-state index contributed by atoms with van der Waals surface area (Å²) < 4.78 is 5.84. The van der Waals surface area contributed by atoms with Crippen LogP contribution in [-0.2, 0) is 0 Å². The van der Waals surface area contributed by atoms with E-state index < -0.39 is 0 Å². The highest BCUT2D eigenvalue weighted by Gasteiger charge is 2.06. The van der Waals surface area contributed by atoms with E-state index in [0.717, 1.165) is 28.2 Å². The second kappa shape index (κ2) is 3.94. The minimum atomic E-state index is 0.825. The van der Waals surface area contributed by atoms with Gasteiger partial charge in [-0.3, -0.25) is 0 Å². The van der Waals surface area contributed by atoms with Crippen molar-refractivity contribution in [1.82, 2.24) is 9.97 Å². The molecule has 2 aromatic heterocycles. The fourth-order valence-electron chi connectivity index (χ4n) is 1.84. The quantitative estimate of drug-likeness (QED) is 0.721. The van der Waals surface area contributed by atoms with Gasteiger partial charge in [-0.15, -0.1) is 0 Å². The van der Waals surface area contributed by atoms with Gasteiger partial charge in [-0.2, -0.15) is 0 Å². The minimum Gasteiger partial charge on any atom is -0.457 e. The number of hydrogen-bond acceptors (Lipinski definition) is 2. The van der Waals surface area contributed by atoms with Crippen molar-refractivity contribution in [2.45, 2.75) is 6.92 Å². The Morgan fingerprint density at radius 2 is 1.94 bits per heavy atom. The van der Waals surface area contributed by atoms with Gasteiger partial charge in [0.1, 0.15) is 17.1 Å². The number of hydrogen-bond donors (Lipinski definition) is 1. The highest BCUT2D eigenvalue weighted by molar-refractivity contribution is 5.83. The largest absolute Gasteiger partial charge is 0.457 e. The summed E-state index contributed by atoms with van der Waals surface area (Å²) in [5.41, 5.74) is 1.94. The average Bonchev–Trinajstić information content (AvgIpc) is 2.72. The van der Waals surface area contributed by atoms with Crippen LogP contribution in [0.25, 0.3) is 11.0 Å². The molecule has 0 radical (unpaired) electrons. The summed E-state index contributed by atoms with van der Waals surface area (Å²) in [6.45, 7) is 2.01. The van der Waals surface area contributed by atoms with Crippen molar-refractivity contribution in [1.29, 1.82) is 0 Å². The number of ether oxygens (including phenoxy) is 1. The van der Waals surface area contributed by atoms with E-state index in [-0.39, 0.29) is 0 Å². The maximum atomic E-state index is 5.84. The zero-order chi connectivity index (χ0) is 11.7. The van der Waals surface area contributed by atoms with Crippen molar-refractivity contribution in [2.75, 3.05) is 0 Å². The summed E-state index contributed by atoms with van der Waals surface area (Å²) >= 11 is 0. The van der Waals surface area contributed by atoms with E-state index in [0.29, 0.717) is 0 Å². The molecule has 3 rings (SSSR count). The van der Waals surface area contributed by atoms with Gasteiger partial charge in [0.15, 0.2) is 0 Å². The van der Waals surface area contributed by atoms with Crippen LogP contribution in [0.2, 0.25) is 0 Å². The number of aromatic nitrogens is 2. The molecule has 0 unspecified atom stereocenters. The first-order chi connectivity index (χ1) is 8.33. The molecule has 0 aliphatic heterocycles. The molecule has 0 spiro atoms. The van der Waals surface area contributed by atoms with E-state index in [1.165, 1.54) is 0 Å². The number of aryl methyl sites for hydroxylation is 1. The SMILES string of the molecule is Cc1cc2c(Oc3ccccc3)ccnc2[nH]1. The summed E-state index contributed by atoms with van der Waals surface area (Å²) in [6, 6.07) is 13.7. The fraction of sp³-hybridized carbons (Fsp3) is 0.0714. The Hall–Kier alpha value is -2.29. The molecule has 0 saturated carbocycles. The lowest BCUT2D eigenvalue weighted by Gasteiger charge is -2.05. The fourth-order valence-corrected chi connectivity index (χ4v) is 1.84. The van der Waals surface area contributed by atoms with Crippen LogP contribution < -0.4 is 4.74 Å². The molecular weight excluding hydrogens is 212 g/mol. The van der Waals surface area contributed by atoms with E-state index in [2.05, 4.69) is 9.97 Å². The molecule has 1 N–H and O–H groups in total.